The van der Waals surface area contributed by atoms with Crippen LogP contribution in [0, 0.1) is 6.92 Å². The number of aryl methyl sites for hydroxylation is 1. The first kappa shape index (κ1) is 11.5. The van der Waals surface area contributed by atoms with Crippen molar-refractivity contribution in [1.82, 2.24) is 14.3 Å². The summed E-state index contributed by atoms with van der Waals surface area (Å²) in [5, 5.41) is 0. The summed E-state index contributed by atoms with van der Waals surface area (Å²) in [6.45, 7) is 5.61. The van der Waals surface area contributed by atoms with Gasteiger partial charge < -0.3 is 9.64 Å². The number of amides is 1. The molecule has 2 aromatic rings. The Morgan fingerprint density at radius 2 is 2.44 bits per heavy atom. The molecule has 1 aliphatic heterocycles. The molecule has 0 unspecified atom stereocenters. The molecule has 0 aliphatic carbocycles. The number of fused-ring (bicyclic) bond motifs is 3. The van der Waals surface area contributed by atoms with Crippen molar-refractivity contribution in [2.45, 2.75) is 26.8 Å². The van der Waals surface area contributed by atoms with Gasteiger partial charge in [0.2, 0.25) is 0 Å². The molecule has 5 nitrogen and oxygen atoms in total. The van der Waals surface area contributed by atoms with Gasteiger partial charge >= 0.3 is 6.09 Å². The minimum absolute atomic E-state index is 0.217. The van der Waals surface area contributed by atoms with Gasteiger partial charge in [0.1, 0.15) is 0 Å². The molecular weight excluding hydrogens is 250 g/mol. The van der Waals surface area contributed by atoms with E-state index in [-0.39, 0.29) is 6.09 Å². The van der Waals surface area contributed by atoms with Crippen molar-refractivity contribution in [2.75, 3.05) is 13.2 Å². The summed E-state index contributed by atoms with van der Waals surface area (Å²) in [6.07, 6.45) is 2.71. The van der Waals surface area contributed by atoms with E-state index in [0.717, 1.165) is 23.6 Å². The summed E-state index contributed by atoms with van der Waals surface area (Å²) in [6, 6.07) is 0. The first-order chi connectivity index (χ1) is 8.69. The fourth-order valence-corrected chi connectivity index (χ4v) is 3.50. The summed E-state index contributed by atoms with van der Waals surface area (Å²) >= 11 is 1.66. The lowest BCUT2D eigenvalue weighted by Gasteiger charge is -2.25. The highest BCUT2D eigenvalue weighted by atomic mass is 32.1. The molecule has 1 aliphatic rings. The van der Waals surface area contributed by atoms with Gasteiger partial charge in [0, 0.05) is 29.7 Å². The number of carbonyl (C=O) groups excluding carboxylic acids is 1. The van der Waals surface area contributed by atoms with Crippen LogP contribution in [-0.4, -0.2) is 33.5 Å². The predicted molar refractivity (Wildman–Crippen MR) is 68.9 cm³/mol. The smallest absolute Gasteiger partial charge is 0.410 e. The maximum atomic E-state index is 11.7. The minimum atomic E-state index is -0.217. The molecular formula is C12H15N3O2S. The van der Waals surface area contributed by atoms with Gasteiger partial charge in [-0.2, -0.15) is 0 Å². The largest absolute Gasteiger partial charge is 0.450 e. The van der Waals surface area contributed by atoms with Crippen molar-refractivity contribution in [1.29, 1.82) is 0 Å². The van der Waals surface area contributed by atoms with Crippen LogP contribution in [0.5, 0.6) is 0 Å². The third-order valence-electron chi connectivity index (χ3n) is 3.10. The average molecular weight is 265 g/mol. The van der Waals surface area contributed by atoms with Crippen LogP contribution in [0.4, 0.5) is 4.79 Å². The van der Waals surface area contributed by atoms with Gasteiger partial charge in [-0.25, -0.2) is 9.78 Å². The van der Waals surface area contributed by atoms with Crippen LogP contribution in [0.2, 0.25) is 0 Å². The van der Waals surface area contributed by atoms with Crippen LogP contribution in [0.3, 0.4) is 0 Å². The lowest BCUT2D eigenvalue weighted by Crippen LogP contribution is -2.36. The monoisotopic (exact) mass is 265 g/mol. The summed E-state index contributed by atoms with van der Waals surface area (Å²) in [5.41, 5.74) is 2.33. The number of rotatable bonds is 1. The summed E-state index contributed by atoms with van der Waals surface area (Å²) < 4.78 is 7.19. The number of ether oxygens (including phenoxy) is 1. The highest BCUT2D eigenvalue weighted by Crippen LogP contribution is 2.28. The van der Waals surface area contributed by atoms with Crippen molar-refractivity contribution in [2.24, 2.45) is 0 Å². The van der Waals surface area contributed by atoms with E-state index in [1.165, 1.54) is 10.6 Å². The number of nitrogens with zero attached hydrogens (tertiary/aromatic N) is 3. The summed E-state index contributed by atoms with van der Waals surface area (Å²) in [4.78, 5) is 20.2. The van der Waals surface area contributed by atoms with Gasteiger partial charge in [-0.05, 0) is 13.8 Å². The lowest BCUT2D eigenvalue weighted by molar-refractivity contribution is 0.103. The second-order valence-corrected chi connectivity index (χ2v) is 5.44. The van der Waals surface area contributed by atoms with Crippen molar-refractivity contribution >= 4 is 22.4 Å². The van der Waals surface area contributed by atoms with E-state index in [9.17, 15) is 4.79 Å². The molecule has 0 saturated carbocycles. The van der Waals surface area contributed by atoms with Gasteiger partial charge in [-0.1, -0.05) is 11.3 Å². The molecule has 3 rings (SSSR count). The molecule has 0 N–H and O–H groups in total. The zero-order chi connectivity index (χ0) is 12.7. The molecule has 18 heavy (non-hydrogen) atoms. The quantitative estimate of drug-likeness (QED) is 0.794. The normalized spacial score (nSPS) is 14.9. The molecule has 0 aromatic carbocycles. The third kappa shape index (κ3) is 1.77. The Balaban J connectivity index is 1.89. The minimum Gasteiger partial charge on any atom is -0.450 e. The molecule has 3 heterocycles. The molecule has 0 radical (unpaired) electrons. The Morgan fingerprint density at radius 3 is 3.22 bits per heavy atom. The van der Waals surface area contributed by atoms with E-state index in [2.05, 4.69) is 15.6 Å². The topological polar surface area (TPSA) is 46.8 Å². The predicted octanol–water partition coefficient (Wildman–Crippen LogP) is 2.22. The van der Waals surface area contributed by atoms with Crippen LogP contribution in [0.1, 0.15) is 23.2 Å². The van der Waals surface area contributed by atoms with Crippen LogP contribution in [0.15, 0.2) is 6.20 Å². The van der Waals surface area contributed by atoms with Crippen LogP contribution in [0.25, 0.3) is 4.96 Å². The summed E-state index contributed by atoms with van der Waals surface area (Å²) in [7, 11) is 0. The van der Waals surface area contributed by atoms with E-state index in [1.807, 2.05) is 13.8 Å². The van der Waals surface area contributed by atoms with E-state index < -0.39 is 0 Å². The molecule has 6 heteroatoms. The number of carbonyl (C=O) groups is 1. The molecule has 96 valence electrons. The van der Waals surface area contributed by atoms with Gasteiger partial charge in [-0.15, -0.1) is 0 Å². The Kier molecular flexibility index (Phi) is 2.74. The Morgan fingerprint density at radius 1 is 1.61 bits per heavy atom. The molecule has 0 bridgehead atoms. The zero-order valence-electron chi connectivity index (χ0n) is 10.5. The van der Waals surface area contributed by atoms with E-state index in [0.29, 0.717) is 13.2 Å². The number of imidazole rings is 1. The lowest BCUT2D eigenvalue weighted by atomic mass is 10.2. The van der Waals surface area contributed by atoms with Crippen molar-refractivity contribution in [3.63, 3.8) is 0 Å². The van der Waals surface area contributed by atoms with Crippen molar-refractivity contribution in [3.8, 4) is 0 Å². The molecule has 0 saturated heterocycles. The zero-order valence-corrected chi connectivity index (χ0v) is 11.3. The van der Waals surface area contributed by atoms with E-state index in [1.54, 1.807) is 16.2 Å². The van der Waals surface area contributed by atoms with Gasteiger partial charge in [0.25, 0.3) is 0 Å². The fraction of sp³-hybridized carbons (Fsp3) is 0.500. The number of hydrogen-bond donors (Lipinski definition) is 0. The second-order valence-electron chi connectivity index (χ2n) is 4.38. The molecule has 2 aromatic heterocycles. The Hall–Kier alpha value is -1.56. The third-order valence-corrected chi connectivity index (χ3v) is 4.18. The average Bonchev–Trinajstić information content (AvgIpc) is 2.84. The van der Waals surface area contributed by atoms with Gasteiger partial charge in [0.15, 0.2) is 4.96 Å². The Labute approximate surface area is 109 Å². The first-order valence-corrected chi connectivity index (χ1v) is 6.88. The number of hydrogen-bond acceptors (Lipinski definition) is 4. The highest BCUT2D eigenvalue weighted by Gasteiger charge is 2.25. The molecule has 0 spiro atoms. The molecule has 0 atom stereocenters. The second kappa shape index (κ2) is 4.28. The van der Waals surface area contributed by atoms with Gasteiger partial charge in [-0.3, -0.25) is 4.40 Å². The van der Waals surface area contributed by atoms with E-state index in [4.69, 9.17) is 4.74 Å². The van der Waals surface area contributed by atoms with Crippen molar-refractivity contribution < 1.29 is 9.53 Å². The number of thiazole rings is 1. The maximum Gasteiger partial charge on any atom is 0.410 e. The standard InChI is InChI=1S/C12H15N3O2S/c1-3-17-12(16)14-5-4-9-10(7-14)18-11-13-8(2)6-15(9)11/h6H,3-5,7H2,1-2H3. The maximum absolute atomic E-state index is 11.7. The van der Waals surface area contributed by atoms with Crippen molar-refractivity contribution in [3.05, 3.63) is 22.5 Å². The summed E-state index contributed by atoms with van der Waals surface area (Å²) in [5.74, 6) is 0. The Bertz CT molecular complexity index is 602. The van der Waals surface area contributed by atoms with E-state index >= 15 is 0 Å². The molecule has 1 amide bonds. The molecule has 0 fully saturated rings. The van der Waals surface area contributed by atoms with Crippen LogP contribution < -0.4 is 0 Å². The highest BCUT2D eigenvalue weighted by molar-refractivity contribution is 7.17. The SMILES string of the molecule is CCOC(=O)N1CCc2c(sc3nc(C)cn23)C1. The van der Waals surface area contributed by atoms with Crippen LogP contribution in [-0.2, 0) is 17.7 Å². The van der Waals surface area contributed by atoms with Gasteiger partial charge in [0.05, 0.1) is 18.8 Å². The first-order valence-electron chi connectivity index (χ1n) is 6.07. The number of aromatic nitrogens is 2. The van der Waals surface area contributed by atoms with Crippen LogP contribution >= 0.6 is 11.3 Å². The fourth-order valence-electron chi connectivity index (χ4n) is 2.29.